The van der Waals surface area contributed by atoms with Crippen LogP contribution in [0, 0.1) is 17.3 Å². The number of nitrogens with one attached hydrogen (secondary N) is 3. The number of likely N-dealkylation sites (tertiary alicyclic amines) is 1. The van der Waals surface area contributed by atoms with E-state index in [1.807, 2.05) is 13.8 Å². The molecule has 2 fully saturated rings. The minimum atomic E-state index is -1.11. The quantitative estimate of drug-likeness (QED) is 0.213. The maximum atomic E-state index is 13.9. The fraction of sp³-hybridized carbons (Fsp3) is 0.633. The van der Waals surface area contributed by atoms with Crippen molar-refractivity contribution in [3.8, 4) is 0 Å². The van der Waals surface area contributed by atoms with E-state index in [0.29, 0.717) is 31.4 Å². The zero-order valence-electron chi connectivity index (χ0n) is 25.1. The predicted octanol–water partition coefficient (Wildman–Crippen LogP) is 1.72. The third-order valence-electron chi connectivity index (χ3n) is 8.10. The molecule has 4 atom stereocenters. The Morgan fingerprint density at radius 3 is 2.14 bits per heavy atom. The van der Waals surface area contributed by atoms with Crippen molar-refractivity contribution in [2.45, 2.75) is 97.3 Å². The number of hydrogen-bond donors (Lipinski definition) is 4. The second-order valence-corrected chi connectivity index (χ2v) is 12.8. The lowest BCUT2D eigenvalue weighted by molar-refractivity contribution is -0.143. The van der Waals surface area contributed by atoms with Crippen LogP contribution in [0.25, 0.3) is 0 Å². The summed E-state index contributed by atoms with van der Waals surface area (Å²) in [5.41, 5.74) is 4.91. The third-order valence-corrected chi connectivity index (χ3v) is 8.10. The summed E-state index contributed by atoms with van der Waals surface area (Å²) >= 11 is 0. The van der Waals surface area contributed by atoms with Crippen LogP contribution in [0.15, 0.2) is 24.5 Å². The van der Waals surface area contributed by atoms with Crippen LogP contribution in [-0.4, -0.2) is 75.9 Å². The molecule has 12 nitrogen and oxygen atoms in total. The molecule has 1 aromatic heterocycles. The lowest BCUT2D eigenvalue weighted by Gasteiger charge is -2.36. The van der Waals surface area contributed by atoms with Crippen molar-refractivity contribution in [3.05, 3.63) is 30.1 Å². The molecule has 2 heterocycles. The number of primary amides is 1. The first-order valence-corrected chi connectivity index (χ1v) is 14.7. The van der Waals surface area contributed by atoms with Crippen molar-refractivity contribution < 1.29 is 28.8 Å². The number of urea groups is 1. The summed E-state index contributed by atoms with van der Waals surface area (Å²) < 4.78 is 0. The average Bonchev–Trinajstić information content (AvgIpc) is 3.40. The molecule has 1 aliphatic carbocycles. The average molecular weight is 585 g/mol. The third kappa shape index (κ3) is 8.13. The van der Waals surface area contributed by atoms with Gasteiger partial charge >= 0.3 is 6.03 Å². The summed E-state index contributed by atoms with van der Waals surface area (Å²) in [7, 11) is 0. The molecule has 1 aromatic rings. The van der Waals surface area contributed by atoms with Gasteiger partial charge in [0.05, 0.1) is 12.1 Å². The van der Waals surface area contributed by atoms with Crippen LogP contribution in [0.1, 0.15) is 83.5 Å². The van der Waals surface area contributed by atoms with Gasteiger partial charge in [0.1, 0.15) is 12.1 Å². The van der Waals surface area contributed by atoms with Gasteiger partial charge in [0.15, 0.2) is 5.78 Å². The van der Waals surface area contributed by atoms with E-state index < -0.39 is 59.1 Å². The highest BCUT2D eigenvalue weighted by atomic mass is 16.2. The van der Waals surface area contributed by atoms with Crippen molar-refractivity contribution in [3.63, 3.8) is 0 Å². The lowest BCUT2D eigenvalue weighted by atomic mass is 9.80. The molecule has 42 heavy (non-hydrogen) atoms. The highest BCUT2D eigenvalue weighted by Gasteiger charge is 2.43. The zero-order chi connectivity index (χ0) is 31.2. The number of hydrogen-bond acceptors (Lipinski definition) is 7. The number of ketones is 2. The van der Waals surface area contributed by atoms with Crippen LogP contribution in [0.2, 0.25) is 0 Å². The molecule has 0 spiro atoms. The van der Waals surface area contributed by atoms with Gasteiger partial charge < -0.3 is 26.6 Å². The van der Waals surface area contributed by atoms with E-state index in [-0.39, 0.29) is 17.6 Å². The molecule has 0 bridgehead atoms. The summed E-state index contributed by atoms with van der Waals surface area (Å²) in [6.07, 6.45) is 7.12. The van der Waals surface area contributed by atoms with Gasteiger partial charge in [-0.25, -0.2) is 4.79 Å². The van der Waals surface area contributed by atoms with Crippen LogP contribution in [0.4, 0.5) is 4.79 Å². The molecule has 230 valence electrons. The molecule has 5 N–H and O–H groups in total. The highest BCUT2D eigenvalue weighted by molar-refractivity contribution is 6.37. The SMILES string of the molecule is CC(C)C(NC(=O)NC(C(=O)N1CCCC1C(=O)NC(CC1CCC1)C(=O)C(N)=O)C(C)(C)C)C(=O)c1ccncc1. The van der Waals surface area contributed by atoms with E-state index in [1.54, 1.807) is 32.9 Å². The van der Waals surface area contributed by atoms with Crippen molar-refractivity contribution >= 4 is 35.3 Å². The number of nitrogens with two attached hydrogens (primary N) is 1. The number of carbonyl (C=O) groups is 6. The van der Waals surface area contributed by atoms with Gasteiger partial charge in [0.2, 0.25) is 17.6 Å². The summed E-state index contributed by atoms with van der Waals surface area (Å²) in [4.78, 5) is 83.0. The van der Waals surface area contributed by atoms with Gasteiger partial charge in [-0.05, 0) is 48.6 Å². The number of aromatic nitrogens is 1. The maximum Gasteiger partial charge on any atom is 0.316 e. The largest absolute Gasteiger partial charge is 0.363 e. The molecule has 1 aliphatic heterocycles. The molecular formula is C30H44N6O6. The Kier molecular flexibility index (Phi) is 10.8. The molecule has 2 aliphatic rings. The minimum Gasteiger partial charge on any atom is -0.363 e. The molecule has 3 rings (SSSR count). The Morgan fingerprint density at radius 1 is 0.976 bits per heavy atom. The van der Waals surface area contributed by atoms with Crippen molar-refractivity contribution in [1.82, 2.24) is 25.8 Å². The van der Waals surface area contributed by atoms with E-state index in [9.17, 15) is 28.8 Å². The molecule has 0 radical (unpaired) electrons. The Morgan fingerprint density at radius 2 is 1.62 bits per heavy atom. The standard InChI is InChI=1S/C30H44N6O6/c1-17(2)22(23(37)19-11-13-32-14-12-19)34-29(42)35-25(30(3,4)5)28(41)36-15-7-10-21(36)27(40)33-20(24(38)26(31)39)16-18-8-6-9-18/h11-14,17-18,20-22,25H,6-10,15-16H2,1-5H3,(H2,31,39)(H,33,40)(H2,34,35,42). The Balaban J connectivity index is 1.73. The number of amides is 5. The van der Waals surface area contributed by atoms with Crippen molar-refractivity contribution in [2.24, 2.45) is 23.0 Å². The Labute approximate surface area is 246 Å². The lowest BCUT2D eigenvalue weighted by Crippen LogP contribution is -2.61. The van der Waals surface area contributed by atoms with Gasteiger partial charge in [0, 0.05) is 24.5 Å². The summed E-state index contributed by atoms with van der Waals surface area (Å²) in [5, 5.41) is 8.16. The van der Waals surface area contributed by atoms with Crippen LogP contribution in [-0.2, 0) is 19.2 Å². The summed E-state index contributed by atoms with van der Waals surface area (Å²) in [6.45, 7) is 9.30. The highest BCUT2D eigenvalue weighted by Crippen LogP contribution is 2.31. The van der Waals surface area contributed by atoms with E-state index in [1.165, 1.54) is 17.3 Å². The zero-order valence-corrected chi connectivity index (χ0v) is 25.1. The Bertz CT molecular complexity index is 1180. The van der Waals surface area contributed by atoms with E-state index in [4.69, 9.17) is 5.73 Å². The molecule has 0 aromatic carbocycles. The van der Waals surface area contributed by atoms with Gasteiger partial charge in [0.25, 0.3) is 5.91 Å². The van der Waals surface area contributed by atoms with Crippen molar-refractivity contribution in [2.75, 3.05) is 6.54 Å². The first-order chi connectivity index (χ1) is 19.7. The maximum absolute atomic E-state index is 13.9. The number of Topliss-reactive ketones (excluding diaryl/α,β-unsaturated/α-hetero) is 2. The van der Waals surface area contributed by atoms with Crippen LogP contribution >= 0.6 is 0 Å². The van der Waals surface area contributed by atoms with Crippen LogP contribution in [0.5, 0.6) is 0 Å². The molecular weight excluding hydrogens is 540 g/mol. The first kappa shape index (κ1) is 32.7. The molecule has 4 unspecified atom stereocenters. The normalized spacial score (nSPS) is 19.3. The van der Waals surface area contributed by atoms with Crippen LogP contribution < -0.4 is 21.7 Å². The molecule has 5 amide bonds. The van der Waals surface area contributed by atoms with E-state index in [0.717, 1.165) is 19.3 Å². The van der Waals surface area contributed by atoms with Gasteiger partial charge in [-0.15, -0.1) is 0 Å². The Hall–Kier alpha value is -3.83. The van der Waals surface area contributed by atoms with E-state index >= 15 is 0 Å². The fourth-order valence-corrected chi connectivity index (χ4v) is 5.40. The summed E-state index contributed by atoms with van der Waals surface area (Å²) in [6, 6.07) is -1.30. The minimum absolute atomic E-state index is 0.230. The predicted molar refractivity (Wildman–Crippen MR) is 155 cm³/mol. The fourth-order valence-electron chi connectivity index (χ4n) is 5.40. The molecule has 12 heteroatoms. The second-order valence-electron chi connectivity index (χ2n) is 12.8. The second kappa shape index (κ2) is 13.9. The number of pyridine rings is 1. The van der Waals surface area contributed by atoms with Gasteiger partial charge in [-0.2, -0.15) is 0 Å². The first-order valence-electron chi connectivity index (χ1n) is 14.7. The molecule has 1 saturated heterocycles. The number of rotatable bonds is 12. The summed E-state index contributed by atoms with van der Waals surface area (Å²) in [5.74, 6) is -3.22. The number of carbonyl (C=O) groups excluding carboxylic acids is 6. The molecule has 1 saturated carbocycles. The number of nitrogens with zero attached hydrogens (tertiary/aromatic N) is 2. The monoisotopic (exact) mass is 584 g/mol. The topological polar surface area (TPSA) is 181 Å². The van der Waals surface area contributed by atoms with Gasteiger partial charge in [-0.3, -0.25) is 29.0 Å². The van der Waals surface area contributed by atoms with E-state index in [2.05, 4.69) is 20.9 Å². The van der Waals surface area contributed by atoms with Crippen molar-refractivity contribution in [1.29, 1.82) is 0 Å². The smallest absolute Gasteiger partial charge is 0.316 e. The van der Waals surface area contributed by atoms with Gasteiger partial charge in [-0.1, -0.05) is 53.9 Å². The van der Waals surface area contributed by atoms with Crippen LogP contribution in [0.3, 0.4) is 0 Å².